The van der Waals surface area contributed by atoms with Gasteiger partial charge in [-0.1, -0.05) is 78.9 Å². The zero-order chi connectivity index (χ0) is 35.1. The van der Waals surface area contributed by atoms with E-state index in [4.69, 9.17) is 4.98 Å². The number of likely N-dealkylation sites (tertiary alicyclic amines) is 1. The number of thioether (sulfide) groups is 2. The van der Waals surface area contributed by atoms with Crippen LogP contribution < -0.4 is 5.32 Å². The number of β-amino-alcohol motifs (C(OH)–C–C–N with tert-alkyl or cyclic N) is 1. The van der Waals surface area contributed by atoms with Crippen LogP contribution in [0.4, 0.5) is 0 Å². The Bertz CT molecular complexity index is 2090. The molecule has 2 atom stereocenters. The van der Waals surface area contributed by atoms with Crippen LogP contribution in [-0.2, 0) is 13.0 Å². The minimum atomic E-state index is -0.408. The molecular formula is C42H46N4O2S2. The van der Waals surface area contributed by atoms with Crippen molar-refractivity contribution in [1.29, 1.82) is 0 Å². The number of aliphatic hydroxyl groups is 1. The van der Waals surface area contributed by atoms with E-state index in [-0.39, 0.29) is 11.6 Å². The van der Waals surface area contributed by atoms with E-state index < -0.39 is 6.10 Å². The van der Waals surface area contributed by atoms with Crippen LogP contribution in [0.15, 0.2) is 113 Å². The van der Waals surface area contributed by atoms with Gasteiger partial charge in [0.2, 0.25) is 0 Å². The largest absolute Gasteiger partial charge is 0.390 e. The summed E-state index contributed by atoms with van der Waals surface area (Å²) in [5, 5.41) is 21.5. The van der Waals surface area contributed by atoms with Crippen LogP contribution in [0.2, 0.25) is 0 Å². The van der Waals surface area contributed by atoms with Gasteiger partial charge in [0.25, 0.3) is 0 Å². The van der Waals surface area contributed by atoms with Crippen LogP contribution in [0.5, 0.6) is 0 Å². The second-order valence-electron chi connectivity index (χ2n) is 13.6. The number of carbonyl (C=O) groups excluding carboxylic acids is 1. The summed E-state index contributed by atoms with van der Waals surface area (Å²) in [6.45, 7) is 6.89. The lowest BCUT2D eigenvalue weighted by atomic mass is 9.93. The molecule has 0 unspecified atom stereocenters. The summed E-state index contributed by atoms with van der Waals surface area (Å²) in [7, 11) is 0. The van der Waals surface area contributed by atoms with Gasteiger partial charge in [-0.2, -0.15) is 0 Å². The van der Waals surface area contributed by atoms with Crippen molar-refractivity contribution in [3.05, 3.63) is 120 Å². The molecule has 0 aliphatic carbocycles. The second-order valence-corrected chi connectivity index (χ2v) is 15.2. The van der Waals surface area contributed by atoms with Crippen LogP contribution >= 0.6 is 23.5 Å². The first kappa shape index (κ1) is 36.0. The van der Waals surface area contributed by atoms with Crippen LogP contribution in [0.1, 0.15) is 48.2 Å². The highest BCUT2D eigenvalue weighted by Crippen LogP contribution is 2.29. The Labute approximate surface area is 304 Å². The summed E-state index contributed by atoms with van der Waals surface area (Å²) in [6.07, 6.45) is 7.53. The standard InChI is InChI=1S/C31H37N3OS.C11H9NOS/c1-31(2,19-22-14-15-23-9-4-5-10-24(23)17-22)32-20-29(35)28-13-8-16-34(28)21-26-18-25-11-6-7-12-27(25)33-30(26)36-3;1-14-11-9(7-13)6-8-4-2-3-5-10(8)12-11/h4-7,9-12,14-15,17-18,28-29,32,35H,8,13,16,19-21H2,1-3H3;2-7H,1H3/t28-,29-;/m1./s1. The summed E-state index contributed by atoms with van der Waals surface area (Å²) < 4.78 is 0. The molecule has 0 saturated carbocycles. The quantitative estimate of drug-likeness (QED) is 0.103. The highest BCUT2D eigenvalue weighted by atomic mass is 32.2. The van der Waals surface area contributed by atoms with E-state index in [2.05, 4.69) is 102 Å². The average molecular weight is 703 g/mol. The summed E-state index contributed by atoms with van der Waals surface area (Å²) >= 11 is 3.20. The molecule has 6 nitrogen and oxygen atoms in total. The van der Waals surface area contributed by atoms with Gasteiger partial charge < -0.3 is 10.4 Å². The normalized spacial score (nSPS) is 15.7. The Kier molecular flexibility index (Phi) is 11.9. The van der Waals surface area contributed by atoms with E-state index in [1.807, 2.05) is 42.7 Å². The van der Waals surface area contributed by atoms with Crippen molar-refractivity contribution in [2.45, 2.75) is 67.4 Å². The summed E-state index contributed by atoms with van der Waals surface area (Å²) in [5.74, 6) is 0. The van der Waals surface area contributed by atoms with Crippen LogP contribution in [0, 0.1) is 0 Å². The van der Waals surface area contributed by atoms with E-state index in [9.17, 15) is 9.90 Å². The Morgan fingerprint density at radius 1 is 0.840 bits per heavy atom. The number of pyridine rings is 2. The summed E-state index contributed by atoms with van der Waals surface area (Å²) in [6, 6.07) is 35.6. The third kappa shape index (κ3) is 8.74. The number of rotatable bonds is 11. The van der Waals surface area contributed by atoms with E-state index >= 15 is 0 Å². The maximum Gasteiger partial charge on any atom is 0.152 e. The van der Waals surface area contributed by atoms with Crippen molar-refractivity contribution in [2.75, 3.05) is 25.6 Å². The molecule has 50 heavy (non-hydrogen) atoms. The van der Waals surface area contributed by atoms with Gasteiger partial charge in [0.15, 0.2) is 6.29 Å². The first-order valence-electron chi connectivity index (χ1n) is 17.2. The highest BCUT2D eigenvalue weighted by Gasteiger charge is 2.32. The Morgan fingerprint density at radius 2 is 1.46 bits per heavy atom. The van der Waals surface area contributed by atoms with Gasteiger partial charge in [-0.3, -0.25) is 9.69 Å². The molecule has 4 aromatic carbocycles. The number of nitrogens with zero attached hydrogens (tertiary/aromatic N) is 3. The molecule has 0 radical (unpaired) electrons. The van der Waals surface area contributed by atoms with Gasteiger partial charge >= 0.3 is 0 Å². The lowest BCUT2D eigenvalue weighted by Crippen LogP contribution is -2.50. The highest BCUT2D eigenvalue weighted by molar-refractivity contribution is 7.98. The molecule has 1 fully saturated rings. The fraction of sp³-hybridized carbons (Fsp3) is 0.310. The van der Waals surface area contributed by atoms with Crippen LogP contribution in [0.25, 0.3) is 32.6 Å². The number of hydrogen-bond acceptors (Lipinski definition) is 8. The Balaban J connectivity index is 0.000000257. The number of benzene rings is 4. The van der Waals surface area contributed by atoms with Crippen molar-refractivity contribution in [3.8, 4) is 0 Å². The SMILES string of the molecule is CSc1nc2ccccc2cc1C=O.CSc1nc2ccccc2cc1CN1CCC[C@@H]1[C@H](O)CNC(C)(C)Cc1ccc2ccccc2c1. The maximum atomic E-state index is 11.2. The Hall–Kier alpha value is -3.79. The Morgan fingerprint density at radius 3 is 2.14 bits per heavy atom. The zero-order valence-corrected chi connectivity index (χ0v) is 30.9. The van der Waals surface area contributed by atoms with Crippen LogP contribution in [0.3, 0.4) is 0 Å². The number of carbonyl (C=O) groups is 1. The molecule has 0 amide bonds. The van der Waals surface area contributed by atoms with E-state index in [1.165, 1.54) is 39.0 Å². The van der Waals surface area contributed by atoms with Crippen molar-refractivity contribution in [3.63, 3.8) is 0 Å². The fourth-order valence-electron chi connectivity index (χ4n) is 6.94. The van der Waals surface area contributed by atoms with E-state index in [1.54, 1.807) is 11.8 Å². The number of hydrogen-bond donors (Lipinski definition) is 2. The molecule has 2 N–H and O–H groups in total. The zero-order valence-electron chi connectivity index (χ0n) is 29.3. The van der Waals surface area contributed by atoms with Gasteiger partial charge in [-0.25, -0.2) is 9.97 Å². The molecule has 0 bridgehead atoms. The third-order valence-electron chi connectivity index (χ3n) is 9.48. The molecule has 2 aromatic heterocycles. The molecule has 0 spiro atoms. The lowest BCUT2D eigenvalue weighted by molar-refractivity contribution is 0.0629. The number of fused-ring (bicyclic) bond motifs is 3. The molecule has 3 heterocycles. The smallest absolute Gasteiger partial charge is 0.152 e. The second kappa shape index (κ2) is 16.5. The van der Waals surface area contributed by atoms with Crippen molar-refractivity contribution >= 4 is 62.4 Å². The van der Waals surface area contributed by atoms with Gasteiger partial charge in [0, 0.05) is 41.0 Å². The molecule has 1 aliphatic heterocycles. The lowest BCUT2D eigenvalue weighted by Gasteiger charge is -2.33. The molecule has 6 aromatic rings. The fourth-order valence-corrected chi connectivity index (χ4v) is 8.04. The topological polar surface area (TPSA) is 78.4 Å². The van der Waals surface area contributed by atoms with E-state index in [0.717, 1.165) is 65.1 Å². The van der Waals surface area contributed by atoms with Gasteiger partial charge in [-0.05, 0) is 98.3 Å². The predicted molar refractivity (Wildman–Crippen MR) is 212 cm³/mol. The summed E-state index contributed by atoms with van der Waals surface area (Å²) in [4.78, 5) is 22.5. The minimum absolute atomic E-state index is 0.110. The maximum absolute atomic E-state index is 11.2. The first-order chi connectivity index (χ1) is 24.3. The first-order valence-corrected chi connectivity index (χ1v) is 19.7. The van der Waals surface area contributed by atoms with Gasteiger partial charge in [0.1, 0.15) is 10.1 Å². The van der Waals surface area contributed by atoms with E-state index in [0.29, 0.717) is 12.1 Å². The third-order valence-corrected chi connectivity index (χ3v) is 10.9. The monoisotopic (exact) mass is 702 g/mol. The molecule has 7 rings (SSSR count). The minimum Gasteiger partial charge on any atom is -0.390 e. The number of nitrogens with one attached hydrogen (secondary N) is 1. The number of aliphatic hydroxyl groups excluding tert-OH is 1. The molecular weight excluding hydrogens is 657 g/mol. The van der Waals surface area contributed by atoms with Crippen molar-refractivity contribution in [2.24, 2.45) is 0 Å². The summed E-state index contributed by atoms with van der Waals surface area (Å²) in [5.41, 5.74) is 5.10. The van der Waals surface area contributed by atoms with Crippen LogP contribution in [-0.4, -0.2) is 69.5 Å². The van der Waals surface area contributed by atoms with Crippen molar-refractivity contribution in [1.82, 2.24) is 20.2 Å². The average Bonchev–Trinajstić information content (AvgIpc) is 3.61. The number of aldehydes is 1. The van der Waals surface area contributed by atoms with Gasteiger partial charge in [-0.15, -0.1) is 23.5 Å². The molecule has 1 saturated heterocycles. The molecule has 8 heteroatoms. The molecule has 1 aliphatic rings. The molecule has 258 valence electrons. The predicted octanol–water partition coefficient (Wildman–Crippen LogP) is 8.82. The van der Waals surface area contributed by atoms with Crippen molar-refractivity contribution < 1.29 is 9.90 Å². The van der Waals surface area contributed by atoms with Gasteiger partial charge in [0.05, 0.1) is 17.1 Å². The number of para-hydroxylation sites is 2. The number of aromatic nitrogens is 2.